The third-order valence-corrected chi connectivity index (χ3v) is 14.5. The van der Waals surface area contributed by atoms with Gasteiger partial charge < -0.3 is 27.9 Å². The standard InChI is InChI=1S/C74H122NO8P/c1-6-8-10-12-14-16-18-20-22-24-26-28-30-32-33-34-35-36-37-38-39-40-41-43-45-47-49-51-53-55-57-59-61-63-65-67-74(77)83-72(71-82-84(78,79)81-69-68-75(3,4)5)70-80-73(76)66-64-62-60-58-56-54-52-50-48-46-44-42-31-29-27-25-23-21-19-17-15-13-11-9-7-2/h8-11,14-17,20-23,26-29,32-33,35-36,38-39,41,43,47,49,72H,6-7,12-13,18-19,24-25,30-31,34,37,40,42,44-46,48,50-71H2,1-5H3/b10-8-,11-9-,16-14-,17-15-,22-20-,23-21-,28-26-,29-27-,33-32-,36-35-,39-38-,43-41-,49-47-. The number of nitrogens with zero attached hydrogens (tertiary/aromatic N) is 1. The Morgan fingerprint density at radius 2 is 0.643 bits per heavy atom. The van der Waals surface area contributed by atoms with Crippen LogP contribution < -0.4 is 4.89 Å². The molecule has 0 bridgehead atoms. The molecule has 9 nitrogen and oxygen atoms in total. The van der Waals surface area contributed by atoms with Crippen molar-refractivity contribution in [1.29, 1.82) is 0 Å². The van der Waals surface area contributed by atoms with Gasteiger partial charge in [0, 0.05) is 12.8 Å². The van der Waals surface area contributed by atoms with Gasteiger partial charge in [0.1, 0.15) is 19.8 Å². The number of esters is 2. The molecule has 0 N–H and O–H groups in total. The maximum Gasteiger partial charge on any atom is 0.306 e. The zero-order valence-electron chi connectivity index (χ0n) is 54.0. The van der Waals surface area contributed by atoms with Gasteiger partial charge in [0.25, 0.3) is 7.82 Å². The Morgan fingerprint density at radius 1 is 0.369 bits per heavy atom. The lowest BCUT2D eigenvalue weighted by Crippen LogP contribution is -2.37. The second-order valence-corrected chi connectivity index (χ2v) is 24.1. The van der Waals surface area contributed by atoms with Crippen LogP contribution in [0, 0.1) is 0 Å². The number of unbranched alkanes of at least 4 members (excludes halogenated alkanes) is 19. The molecule has 0 amide bonds. The summed E-state index contributed by atoms with van der Waals surface area (Å²) in [5, 5.41) is 0. The van der Waals surface area contributed by atoms with E-state index in [0.717, 1.165) is 141 Å². The summed E-state index contributed by atoms with van der Waals surface area (Å²) in [7, 11) is 1.14. The Kier molecular flexibility index (Phi) is 59.9. The van der Waals surface area contributed by atoms with Crippen molar-refractivity contribution in [1.82, 2.24) is 0 Å². The molecule has 0 rings (SSSR count). The number of phosphoric ester groups is 1. The molecule has 0 spiro atoms. The molecule has 0 radical (unpaired) electrons. The highest BCUT2D eigenvalue weighted by Crippen LogP contribution is 2.38. The summed E-state index contributed by atoms with van der Waals surface area (Å²) in [6.07, 6.45) is 94.4. The van der Waals surface area contributed by atoms with Gasteiger partial charge in [-0.15, -0.1) is 0 Å². The highest BCUT2D eigenvalue weighted by atomic mass is 31.2. The lowest BCUT2D eigenvalue weighted by atomic mass is 10.0. The molecule has 2 unspecified atom stereocenters. The van der Waals surface area contributed by atoms with E-state index in [1.54, 1.807) is 0 Å². The van der Waals surface area contributed by atoms with Crippen LogP contribution in [-0.2, 0) is 32.7 Å². The van der Waals surface area contributed by atoms with Gasteiger partial charge in [0.05, 0.1) is 27.7 Å². The minimum Gasteiger partial charge on any atom is -0.756 e. The van der Waals surface area contributed by atoms with E-state index >= 15 is 0 Å². The van der Waals surface area contributed by atoms with Crippen LogP contribution in [0.1, 0.15) is 245 Å². The van der Waals surface area contributed by atoms with Crippen LogP contribution in [0.5, 0.6) is 0 Å². The average molecular weight is 1180 g/mol. The summed E-state index contributed by atoms with van der Waals surface area (Å²) in [6, 6.07) is 0. The number of carbonyl (C=O) groups is 2. The van der Waals surface area contributed by atoms with E-state index in [4.69, 9.17) is 18.5 Å². The predicted octanol–water partition coefficient (Wildman–Crippen LogP) is 21.0. The van der Waals surface area contributed by atoms with E-state index < -0.39 is 32.5 Å². The van der Waals surface area contributed by atoms with E-state index in [2.05, 4.69) is 172 Å². The normalized spacial score (nSPS) is 14.2. The van der Waals surface area contributed by atoms with Crippen molar-refractivity contribution in [2.75, 3.05) is 47.5 Å². The first-order chi connectivity index (χ1) is 41.0. The molecule has 0 saturated carbocycles. The van der Waals surface area contributed by atoms with E-state index in [1.165, 1.54) is 70.6 Å². The monoisotopic (exact) mass is 1180 g/mol. The number of hydrogen-bond acceptors (Lipinski definition) is 8. The van der Waals surface area contributed by atoms with Gasteiger partial charge in [0.2, 0.25) is 0 Å². The van der Waals surface area contributed by atoms with E-state index in [9.17, 15) is 19.0 Å². The predicted molar refractivity (Wildman–Crippen MR) is 360 cm³/mol. The number of rotatable bonds is 59. The van der Waals surface area contributed by atoms with Crippen molar-refractivity contribution in [3.8, 4) is 0 Å². The molecule has 0 aliphatic heterocycles. The molecule has 10 heteroatoms. The Labute approximate surface area is 516 Å². The zero-order valence-corrected chi connectivity index (χ0v) is 54.9. The molecule has 84 heavy (non-hydrogen) atoms. The molecule has 0 aromatic rings. The van der Waals surface area contributed by atoms with Crippen molar-refractivity contribution in [2.24, 2.45) is 0 Å². The molecular weight excluding hydrogens is 1060 g/mol. The highest BCUT2D eigenvalue weighted by Gasteiger charge is 2.22. The second-order valence-electron chi connectivity index (χ2n) is 22.7. The largest absolute Gasteiger partial charge is 0.756 e. The van der Waals surface area contributed by atoms with E-state index in [0.29, 0.717) is 17.4 Å². The SMILES string of the molecule is CC/C=C\C/C=C\C/C=C\C/C=C\C/C=C\C/C=C\C/C=C\C/C=C\C/C=C\CCCCCCCCCC(=O)OC(COC(=O)CCCCCCCCCCCCCC/C=C\C/C=C\C/C=C\C/C=C\CC)COP(=O)([O-])OCC[N+](C)(C)C. The average Bonchev–Trinajstić information content (AvgIpc) is 3.61. The van der Waals surface area contributed by atoms with Crippen molar-refractivity contribution in [3.05, 3.63) is 158 Å². The fourth-order valence-electron chi connectivity index (χ4n) is 8.52. The van der Waals surface area contributed by atoms with Crippen molar-refractivity contribution >= 4 is 19.8 Å². The third kappa shape index (κ3) is 66.8. The Balaban J connectivity index is 4.17. The summed E-state index contributed by atoms with van der Waals surface area (Å²) >= 11 is 0. The van der Waals surface area contributed by atoms with E-state index in [1.807, 2.05) is 21.1 Å². The van der Waals surface area contributed by atoms with Crippen molar-refractivity contribution in [2.45, 2.75) is 251 Å². The lowest BCUT2D eigenvalue weighted by Gasteiger charge is -2.28. The Morgan fingerprint density at radius 3 is 0.952 bits per heavy atom. The number of quaternary nitrogens is 1. The summed E-state index contributed by atoms with van der Waals surface area (Å²) in [5.74, 6) is -0.856. The van der Waals surface area contributed by atoms with Crippen LogP contribution in [0.3, 0.4) is 0 Å². The zero-order chi connectivity index (χ0) is 61.2. The van der Waals surface area contributed by atoms with Gasteiger partial charge in [-0.2, -0.15) is 0 Å². The molecule has 2 atom stereocenters. The van der Waals surface area contributed by atoms with Crippen molar-refractivity contribution in [3.63, 3.8) is 0 Å². The van der Waals surface area contributed by atoms with Crippen molar-refractivity contribution < 1.29 is 42.1 Å². The molecule has 0 aliphatic rings. The molecule has 0 aromatic carbocycles. The maximum atomic E-state index is 12.9. The summed E-state index contributed by atoms with van der Waals surface area (Å²) in [5.41, 5.74) is 0. The first-order valence-corrected chi connectivity index (χ1v) is 34.7. The first kappa shape index (κ1) is 79.6. The van der Waals surface area contributed by atoms with Gasteiger partial charge in [-0.25, -0.2) is 0 Å². The first-order valence-electron chi connectivity index (χ1n) is 33.2. The number of carbonyl (C=O) groups excluding carboxylic acids is 2. The van der Waals surface area contributed by atoms with Crippen LogP contribution in [0.15, 0.2) is 158 Å². The number of ether oxygens (including phenoxy) is 2. The second kappa shape index (κ2) is 63.1. The summed E-state index contributed by atoms with van der Waals surface area (Å²) in [4.78, 5) is 38.0. The van der Waals surface area contributed by atoms with Crippen LogP contribution in [0.4, 0.5) is 0 Å². The maximum absolute atomic E-state index is 12.9. The van der Waals surface area contributed by atoms with Gasteiger partial charge in [-0.1, -0.05) is 268 Å². The molecule has 0 saturated heterocycles. The number of likely N-dealkylation sites (N-methyl/N-ethyl adjacent to an activating group) is 1. The van der Waals surface area contributed by atoms with Gasteiger partial charge in [-0.05, 0) is 122 Å². The van der Waals surface area contributed by atoms with Crippen LogP contribution in [0.2, 0.25) is 0 Å². The highest BCUT2D eigenvalue weighted by molar-refractivity contribution is 7.45. The smallest absolute Gasteiger partial charge is 0.306 e. The van der Waals surface area contributed by atoms with Crippen LogP contribution >= 0.6 is 7.82 Å². The van der Waals surface area contributed by atoms with Gasteiger partial charge in [0.15, 0.2) is 6.10 Å². The van der Waals surface area contributed by atoms with E-state index in [-0.39, 0.29) is 26.1 Å². The van der Waals surface area contributed by atoms with Crippen LogP contribution in [-0.4, -0.2) is 70.0 Å². The topological polar surface area (TPSA) is 111 Å². The molecular formula is C74H122NO8P. The van der Waals surface area contributed by atoms with Gasteiger partial charge >= 0.3 is 11.9 Å². The fraction of sp³-hybridized carbons (Fsp3) is 0.622. The fourth-order valence-corrected chi connectivity index (χ4v) is 9.25. The number of phosphoric acid groups is 1. The quantitative estimate of drug-likeness (QED) is 0.0195. The molecule has 0 heterocycles. The number of allylic oxidation sites excluding steroid dienone is 26. The molecule has 0 aliphatic carbocycles. The molecule has 476 valence electrons. The molecule has 0 fully saturated rings. The Bertz CT molecular complexity index is 1970. The number of hydrogen-bond donors (Lipinski definition) is 0. The summed E-state index contributed by atoms with van der Waals surface area (Å²) in [6.45, 7) is 3.99. The summed E-state index contributed by atoms with van der Waals surface area (Å²) < 4.78 is 34.3. The lowest BCUT2D eigenvalue weighted by molar-refractivity contribution is -0.870. The van der Waals surface area contributed by atoms with Crippen LogP contribution in [0.25, 0.3) is 0 Å². The third-order valence-electron chi connectivity index (χ3n) is 13.5. The molecule has 0 aromatic heterocycles. The van der Waals surface area contributed by atoms with Gasteiger partial charge in [-0.3, -0.25) is 14.2 Å². The Hall–Kier alpha value is -4.37. The minimum atomic E-state index is -4.66. The minimum absolute atomic E-state index is 0.0417.